The van der Waals surface area contributed by atoms with Gasteiger partial charge in [0, 0.05) is 29.7 Å². The zero-order valence-corrected chi connectivity index (χ0v) is 11.3. The summed E-state index contributed by atoms with van der Waals surface area (Å²) in [5.74, 6) is 0.949. The van der Waals surface area contributed by atoms with Crippen molar-refractivity contribution in [3.8, 4) is 5.75 Å². The second-order valence-corrected chi connectivity index (χ2v) is 4.93. The zero-order chi connectivity index (χ0) is 12.3. The van der Waals surface area contributed by atoms with Crippen LogP contribution in [0, 0.1) is 0 Å². The molecule has 1 N–H and O–H groups in total. The van der Waals surface area contributed by atoms with Gasteiger partial charge in [0.25, 0.3) is 0 Å². The monoisotopic (exact) mass is 298 g/mol. The first-order valence-corrected chi connectivity index (χ1v) is 6.30. The number of ether oxygens (including phenoxy) is 1. The van der Waals surface area contributed by atoms with Crippen LogP contribution in [0.4, 0.5) is 0 Å². The molecular weight excluding hydrogens is 284 g/mol. The smallest absolute Gasteiger partial charge is 0.234 e. The van der Waals surface area contributed by atoms with Gasteiger partial charge in [-0.25, -0.2) is 0 Å². The quantitative estimate of drug-likeness (QED) is 0.917. The molecule has 1 saturated heterocycles. The van der Waals surface area contributed by atoms with E-state index in [0.717, 1.165) is 35.4 Å². The lowest BCUT2D eigenvalue weighted by Crippen LogP contribution is -2.47. The highest BCUT2D eigenvalue weighted by molar-refractivity contribution is 9.10. The molecular formula is C12H15BrN2O2. The summed E-state index contributed by atoms with van der Waals surface area (Å²) in [6.07, 6.45) is 0. The molecule has 5 heteroatoms. The van der Waals surface area contributed by atoms with Crippen LogP contribution < -0.4 is 10.1 Å². The highest BCUT2D eigenvalue weighted by Gasteiger charge is 2.17. The Morgan fingerprint density at radius 2 is 2.35 bits per heavy atom. The van der Waals surface area contributed by atoms with Crippen LogP contribution in [-0.2, 0) is 11.3 Å². The second kappa shape index (κ2) is 5.51. The Morgan fingerprint density at radius 3 is 3.06 bits per heavy atom. The first-order valence-electron chi connectivity index (χ1n) is 5.50. The Bertz CT molecular complexity index is 423. The van der Waals surface area contributed by atoms with E-state index in [4.69, 9.17) is 4.74 Å². The number of carbonyl (C=O) groups excluding carboxylic acids is 1. The van der Waals surface area contributed by atoms with Crippen LogP contribution in [0.5, 0.6) is 5.75 Å². The molecule has 2 rings (SSSR count). The fourth-order valence-electron chi connectivity index (χ4n) is 1.94. The van der Waals surface area contributed by atoms with Gasteiger partial charge in [0.2, 0.25) is 5.91 Å². The van der Waals surface area contributed by atoms with Crippen LogP contribution in [0.25, 0.3) is 0 Å². The Balaban J connectivity index is 2.11. The van der Waals surface area contributed by atoms with E-state index in [0.29, 0.717) is 6.54 Å². The van der Waals surface area contributed by atoms with Crippen molar-refractivity contribution in [1.29, 1.82) is 0 Å². The molecule has 1 aromatic rings. The number of halogens is 1. The van der Waals surface area contributed by atoms with Gasteiger partial charge in [-0.1, -0.05) is 15.9 Å². The van der Waals surface area contributed by atoms with Crippen molar-refractivity contribution in [1.82, 2.24) is 10.2 Å². The number of methoxy groups -OCH3 is 1. The van der Waals surface area contributed by atoms with Gasteiger partial charge in [-0.2, -0.15) is 0 Å². The van der Waals surface area contributed by atoms with Crippen molar-refractivity contribution in [2.24, 2.45) is 0 Å². The standard InChI is InChI=1S/C12H15BrN2O2/c1-17-11-3-2-10(13)6-9(11)7-15-5-4-14-12(16)8-15/h2-3,6H,4-5,7-8H2,1H3,(H,14,16). The number of rotatable bonds is 3. The molecule has 0 bridgehead atoms. The fourth-order valence-corrected chi connectivity index (χ4v) is 2.35. The van der Waals surface area contributed by atoms with Gasteiger partial charge in [-0.3, -0.25) is 9.69 Å². The molecule has 1 aliphatic heterocycles. The number of hydrogen-bond acceptors (Lipinski definition) is 3. The third-order valence-corrected chi connectivity index (χ3v) is 3.25. The van der Waals surface area contributed by atoms with Crippen molar-refractivity contribution in [3.05, 3.63) is 28.2 Å². The zero-order valence-electron chi connectivity index (χ0n) is 9.70. The van der Waals surface area contributed by atoms with E-state index < -0.39 is 0 Å². The lowest BCUT2D eigenvalue weighted by molar-refractivity contribution is -0.124. The van der Waals surface area contributed by atoms with Crippen molar-refractivity contribution in [2.75, 3.05) is 26.7 Å². The van der Waals surface area contributed by atoms with Crippen molar-refractivity contribution < 1.29 is 9.53 Å². The van der Waals surface area contributed by atoms with E-state index in [9.17, 15) is 4.79 Å². The highest BCUT2D eigenvalue weighted by atomic mass is 79.9. The molecule has 0 saturated carbocycles. The molecule has 1 amide bonds. The van der Waals surface area contributed by atoms with Crippen LogP contribution in [-0.4, -0.2) is 37.6 Å². The van der Waals surface area contributed by atoms with Gasteiger partial charge in [-0.15, -0.1) is 0 Å². The van der Waals surface area contributed by atoms with Crippen molar-refractivity contribution in [2.45, 2.75) is 6.54 Å². The summed E-state index contributed by atoms with van der Waals surface area (Å²) in [6.45, 7) is 2.78. The molecule has 1 heterocycles. The van der Waals surface area contributed by atoms with Gasteiger partial charge < -0.3 is 10.1 Å². The molecule has 1 aliphatic rings. The van der Waals surface area contributed by atoms with Crippen LogP contribution >= 0.6 is 15.9 Å². The maximum absolute atomic E-state index is 11.3. The number of nitrogens with zero attached hydrogens (tertiary/aromatic N) is 1. The summed E-state index contributed by atoms with van der Waals surface area (Å²) in [5, 5.41) is 2.82. The summed E-state index contributed by atoms with van der Waals surface area (Å²) in [7, 11) is 1.66. The SMILES string of the molecule is COc1ccc(Br)cc1CN1CCNC(=O)C1. The molecule has 0 aliphatic carbocycles. The molecule has 1 fully saturated rings. The predicted octanol–water partition coefficient (Wildman–Crippen LogP) is 1.39. The summed E-state index contributed by atoms with van der Waals surface area (Å²) in [5.41, 5.74) is 1.09. The van der Waals surface area contributed by atoms with E-state index in [1.54, 1.807) is 7.11 Å². The van der Waals surface area contributed by atoms with Crippen molar-refractivity contribution in [3.63, 3.8) is 0 Å². The minimum Gasteiger partial charge on any atom is -0.496 e. The second-order valence-electron chi connectivity index (χ2n) is 4.02. The van der Waals surface area contributed by atoms with E-state index in [1.165, 1.54) is 0 Å². The van der Waals surface area contributed by atoms with Gasteiger partial charge in [-0.05, 0) is 18.2 Å². The average molecular weight is 299 g/mol. The maximum Gasteiger partial charge on any atom is 0.234 e. The highest BCUT2D eigenvalue weighted by Crippen LogP contribution is 2.24. The van der Waals surface area contributed by atoms with Gasteiger partial charge in [0.1, 0.15) is 5.75 Å². The minimum atomic E-state index is 0.0882. The first kappa shape index (κ1) is 12.4. The number of amides is 1. The fraction of sp³-hybridized carbons (Fsp3) is 0.417. The largest absolute Gasteiger partial charge is 0.496 e. The topological polar surface area (TPSA) is 41.6 Å². The molecule has 17 heavy (non-hydrogen) atoms. The summed E-state index contributed by atoms with van der Waals surface area (Å²) in [6, 6.07) is 5.92. The molecule has 0 radical (unpaired) electrons. The van der Waals surface area contributed by atoms with Crippen LogP contribution in [0.15, 0.2) is 22.7 Å². The third-order valence-electron chi connectivity index (χ3n) is 2.75. The van der Waals surface area contributed by atoms with Crippen LogP contribution in [0.2, 0.25) is 0 Å². The lowest BCUT2D eigenvalue weighted by Gasteiger charge is -2.27. The number of hydrogen-bond donors (Lipinski definition) is 1. The molecule has 1 aromatic carbocycles. The molecule has 92 valence electrons. The van der Waals surface area contributed by atoms with E-state index >= 15 is 0 Å². The predicted molar refractivity (Wildman–Crippen MR) is 69.0 cm³/mol. The Kier molecular flexibility index (Phi) is 4.02. The molecule has 0 atom stereocenters. The lowest BCUT2D eigenvalue weighted by atomic mass is 10.1. The number of nitrogens with one attached hydrogen (secondary N) is 1. The Labute approximate surface area is 109 Å². The van der Waals surface area contributed by atoms with Gasteiger partial charge >= 0.3 is 0 Å². The maximum atomic E-state index is 11.3. The summed E-state index contributed by atoms with van der Waals surface area (Å²) >= 11 is 3.45. The Morgan fingerprint density at radius 1 is 1.53 bits per heavy atom. The van der Waals surface area contributed by atoms with Crippen LogP contribution in [0.1, 0.15) is 5.56 Å². The molecule has 0 aromatic heterocycles. The molecule has 0 spiro atoms. The van der Waals surface area contributed by atoms with Crippen LogP contribution in [0.3, 0.4) is 0 Å². The minimum absolute atomic E-state index is 0.0882. The Hall–Kier alpha value is -1.07. The van der Waals surface area contributed by atoms with Gasteiger partial charge in [0.15, 0.2) is 0 Å². The van der Waals surface area contributed by atoms with Crippen molar-refractivity contribution >= 4 is 21.8 Å². The van der Waals surface area contributed by atoms with E-state index in [1.807, 2.05) is 18.2 Å². The number of carbonyl (C=O) groups is 1. The number of benzene rings is 1. The molecule has 4 nitrogen and oxygen atoms in total. The third kappa shape index (κ3) is 3.20. The van der Waals surface area contributed by atoms with E-state index in [-0.39, 0.29) is 5.91 Å². The summed E-state index contributed by atoms with van der Waals surface area (Å²) in [4.78, 5) is 13.4. The summed E-state index contributed by atoms with van der Waals surface area (Å²) < 4.78 is 6.34. The first-order chi connectivity index (χ1) is 8.19. The number of piperazine rings is 1. The van der Waals surface area contributed by atoms with E-state index in [2.05, 4.69) is 26.1 Å². The average Bonchev–Trinajstić information content (AvgIpc) is 2.29. The van der Waals surface area contributed by atoms with Gasteiger partial charge in [0.05, 0.1) is 13.7 Å². The molecule has 0 unspecified atom stereocenters. The normalized spacial score (nSPS) is 16.7.